The van der Waals surface area contributed by atoms with Gasteiger partial charge in [-0.15, -0.1) is 0 Å². The quantitative estimate of drug-likeness (QED) is 0.154. The van der Waals surface area contributed by atoms with Crippen molar-refractivity contribution in [2.75, 3.05) is 4.90 Å². The summed E-state index contributed by atoms with van der Waals surface area (Å²) in [6.07, 6.45) is 4.32. The summed E-state index contributed by atoms with van der Waals surface area (Å²) in [6.45, 7) is 9.01. The van der Waals surface area contributed by atoms with Crippen LogP contribution in [-0.4, -0.2) is 4.57 Å². The number of hydrogen-bond donors (Lipinski definition) is 0. The van der Waals surface area contributed by atoms with Crippen LogP contribution in [0.25, 0.3) is 66.5 Å². The molecule has 1 heterocycles. The smallest absolute Gasteiger partial charge is 0.0537 e. The predicted octanol–water partition coefficient (Wildman–Crippen LogP) is 15.0. The Labute approximate surface area is 336 Å². The number of aromatic nitrogens is 1. The van der Waals surface area contributed by atoms with E-state index in [9.17, 15) is 0 Å². The Kier molecular flexibility index (Phi) is 8.45. The lowest BCUT2D eigenvalue weighted by molar-refractivity contribution is 0.590. The second-order valence-electron chi connectivity index (χ2n) is 16.6. The molecule has 0 saturated carbocycles. The van der Waals surface area contributed by atoms with Crippen molar-refractivity contribution in [1.29, 1.82) is 0 Å². The van der Waals surface area contributed by atoms with Crippen molar-refractivity contribution >= 4 is 49.9 Å². The molecule has 0 fully saturated rings. The van der Waals surface area contributed by atoms with E-state index >= 15 is 0 Å². The fourth-order valence-electron chi connectivity index (χ4n) is 9.17. The summed E-state index contributed by atoms with van der Waals surface area (Å²) in [5.41, 5.74) is 16.6. The van der Waals surface area contributed by atoms with Gasteiger partial charge in [0, 0.05) is 39.4 Å². The predicted molar refractivity (Wildman–Crippen MR) is 244 cm³/mol. The maximum atomic E-state index is 2.50. The van der Waals surface area contributed by atoms with Crippen LogP contribution in [0, 0.1) is 6.92 Å². The van der Waals surface area contributed by atoms with Crippen molar-refractivity contribution in [3.8, 4) is 27.9 Å². The third-order valence-electron chi connectivity index (χ3n) is 11.9. The fraction of sp³-hybridized carbons (Fsp3) is 0.127. The van der Waals surface area contributed by atoms with Crippen molar-refractivity contribution in [2.24, 2.45) is 0 Å². The minimum atomic E-state index is 0.107. The zero-order valence-corrected chi connectivity index (χ0v) is 33.1. The van der Waals surface area contributed by atoms with E-state index in [4.69, 9.17) is 0 Å². The fourth-order valence-corrected chi connectivity index (χ4v) is 9.17. The van der Waals surface area contributed by atoms with E-state index in [1.165, 1.54) is 99.8 Å². The number of para-hydroxylation sites is 2. The summed E-state index contributed by atoms with van der Waals surface area (Å²) in [7, 11) is 0. The molecule has 0 saturated heterocycles. The van der Waals surface area contributed by atoms with Gasteiger partial charge in [-0.25, -0.2) is 0 Å². The molecule has 1 aliphatic rings. The zero-order valence-electron chi connectivity index (χ0n) is 33.1. The highest BCUT2D eigenvalue weighted by molar-refractivity contribution is 6.21. The van der Waals surface area contributed by atoms with Gasteiger partial charge in [-0.05, 0) is 129 Å². The number of nitrogens with zero attached hydrogens (tertiary/aromatic N) is 2. The molecule has 2 heteroatoms. The third-order valence-corrected chi connectivity index (χ3v) is 11.9. The SMILES string of the molecule is Cc1cccc(N(C2=Cc3c(n(-c4ccc(-c5c6ccccc6c(-c6ccc(C(C)(C)C)cc6)c6ccccc56)cc4)c4ccccc34)CC2)c2ccccc2)c1. The number of anilines is 2. The van der Waals surface area contributed by atoms with Gasteiger partial charge in [0.25, 0.3) is 0 Å². The normalized spacial score (nSPS) is 12.9. The van der Waals surface area contributed by atoms with E-state index in [0.717, 1.165) is 12.8 Å². The van der Waals surface area contributed by atoms with E-state index in [0.29, 0.717) is 0 Å². The van der Waals surface area contributed by atoms with Crippen LogP contribution in [0.15, 0.2) is 182 Å². The first-order chi connectivity index (χ1) is 27.8. The number of fused-ring (bicyclic) bond motifs is 5. The molecule has 0 N–H and O–H groups in total. The first-order valence-corrected chi connectivity index (χ1v) is 20.2. The van der Waals surface area contributed by atoms with Crippen LogP contribution < -0.4 is 4.90 Å². The second kappa shape index (κ2) is 13.8. The molecule has 0 radical (unpaired) electrons. The zero-order chi connectivity index (χ0) is 38.7. The highest BCUT2D eigenvalue weighted by Crippen LogP contribution is 2.45. The van der Waals surface area contributed by atoms with Gasteiger partial charge in [0.15, 0.2) is 0 Å². The number of aryl methyl sites for hydroxylation is 1. The minimum Gasteiger partial charge on any atom is -0.314 e. The Bertz CT molecular complexity index is 2920. The summed E-state index contributed by atoms with van der Waals surface area (Å²) in [6, 6.07) is 65.0. The van der Waals surface area contributed by atoms with Gasteiger partial charge in [-0.3, -0.25) is 0 Å². The van der Waals surface area contributed by atoms with Crippen molar-refractivity contribution < 1.29 is 0 Å². The number of rotatable bonds is 6. The lowest BCUT2D eigenvalue weighted by Crippen LogP contribution is -2.19. The number of benzene rings is 8. The maximum absolute atomic E-state index is 2.50. The van der Waals surface area contributed by atoms with E-state index in [1.54, 1.807) is 0 Å². The van der Waals surface area contributed by atoms with Crippen molar-refractivity contribution in [3.63, 3.8) is 0 Å². The highest BCUT2D eigenvalue weighted by Gasteiger charge is 2.25. The van der Waals surface area contributed by atoms with Crippen molar-refractivity contribution in [1.82, 2.24) is 4.57 Å². The Morgan fingerprint density at radius 3 is 1.60 bits per heavy atom. The van der Waals surface area contributed by atoms with E-state index in [-0.39, 0.29) is 5.41 Å². The molecule has 1 aliphatic carbocycles. The molecule has 0 atom stereocenters. The van der Waals surface area contributed by atoms with Gasteiger partial charge in [0.2, 0.25) is 0 Å². The molecule has 10 rings (SSSR count). The topological polar surface area (TPSA) is 8.17 Å². The molecule has 8 aromatic carbocycles. The summed E-state index contributed by atoms with van der Waals surface area (Å²) in [4.78, 5) is 2.44. The monoisotopic (exact) mass is 734 g/mol. The molecule has 0 unspecified atom stereocenters. The van der Waals surface area contributed by atoms with Crippen molar-refractivity contribution in [3.05, 3.63) is 204 Å². The van der Waals surface area contributed by atoms with Crippen LogP contribution in [0.3, 0.4) is 0 Å². The summed E-state index contributed by atoms with van der Waals surface area (Å²) < 4.78 is 2.50. The van der Waals surface area contributed by atoms with Gasteiger partial charge in [-0.1, -0.05) is 154 Å². The standard InChI is InChI=1S/C55H46N2/c1-37-15-14-18-43(35-37)56(41-16-6-5-7-17-41)44-33-34-52-50(36-44)45-19-12-13-24-51(45)57(52)42-31-27-39(28-32-42)54-48-22-10-8-20-46(48)53(47-21-9-11-23-49(47)54)38-25-29-40(30-26-38)55(2,3)4/h5-32,35-36H,33-34H2,1-4H3. The first kappa shape index (κ1) is 34.8. The van der Waals surface area contributed by atoms with Crippen LogP contribution in [0.5, 0.6) is 0 Å². The molecule has 9 aromatic rings. The number of allylic oxidation sites excluding steroid dienone is 1. The Morgan fingerprint density at radius 1 is 0.491 bits per heavy atom. The van der Waals surface area contributed by atoms with E-state index in [2.05, 4.69) is 219 Å². The van der Waals surface area contributed by atoms with Gasteiger partial charge < -0.3 is 9.47 Å². The molecule has 2 nitrogen and oxygen atoms in total. The number of hydrogen-bond acceptors (Lipinski definition) is 1. The van der Waals surface area contributed by atoms with Gasteiger partial charge >= 0.3 is 0 Å². The lowest BCUT2D eigenvalue weighted by Gasteiger charge is -2.30. The Balaban J connectivity index is 1.09. The van der Waals surface area contributed by atoms with Crippen LogP contribution in [0.4, 0.5) is 11.4 Å². The molecule has 1 aromatic heterocycles. The van der Waals surface area contributed by atoms with Gasteiger partial charge in [0.05, 0.1) is 5.52 Å². The molecule has 276 valence electrons. The molecule has 0 amide bonds. The van der Waals surface area contributed by atoms with E-state index in [1.807, 2.05) is 0 Å². The first-order valence-electron chi connectivity index (χ1n) is 20.2. The molecule has 0 aliphatic heterocycles. The molecule has 57 heavy (non-hydrogen) atoms. The van der Waals surface area contributed by atoms with Gasteiger partial charge in [-0.2, -0.15) is 0 Å². The average molecular weight is 735 g/mol. The van der Waals surface area contributed by atoms with Crippen LogP contribution in [0.1, 0.15) is 49.6 Å². The van der Waals surface area contributed by atoms with Crippen molar-refractivity contribution in [2.45, 2.75) is 46.0 Å². The summed E-state index contributed by atoms with van der Waals surface area (Å²) in [5.74, 6) is 0. The van der Waals surface area contributed by atoms with Crippen LogP contribution in [0.2, 0.25) is 0 Å². The molecular formula is C55H46N2. The van der Waals surface area contributed by atoms with Crippen LogP contribution in [-0.2, 0) is 11.8 Å². The lowest BCUT2D eigenvalue weighted by atomic mass is 9.83. The average Bonchev–Trinajstić information content (AvgIpc) is 3.57. The third kappa shape index (κ3) is 6.04. The molecule has 0 bridgehead atoms. The second-order valence-corrected chi connectivity index (χ2v) is 16.6. The summed E-state index contributed by atoms with van der Waals surface area (Å²) >= 11 is 0. The Hall–Kier alpha value is -6.64. The highest BCUT2D eigenvalue weighted by atomic mass is 15.2. The minimum absolute atomic E-state index is 0.107. The van der Waals surface area contributed by atoms with E-state index < -0.39 is 0 Å². The molecule has 0 spiro atoms. The van der Waals surface area contributed by atoms with Crippen LogP contribution >= 0.6 is 0 Å². The Morgan fingerprint density at radius 2 is 1.02 bits per heavy atom. The molecular weight excluding hydrogens is 689 g/mol. The summed E-state index contributed by atoms with van der Waals surface area (Å²) in [5, 5.41) is 6.40. The van der Waals surface area contributed by atoms with Gasteiger partial charge in [0.1, 0.15) is 0 Å². The largest absolute Gasteiger partial charge is 0.314 e. The maximum Gasteiger partial charge on any atom is 0.0537 e.